The third-order valence-electron chi connectivity index (χ3n) is 3.37. The summed E-state index contributed by atoms with van der Waals surface area (Å²) in [6.07, 6.45) is 0.0789. The number of hydrogen-bond acceptors (Lipinski definition) is 3. The Kier molecular flexibility index (Phi) is 5.97. The van der Waals surface area contributed by atoms with Crippen LogP contribution < -0.4 is 14.8 Å². The highest BCUT2D eigenvalue weighted by atomic mass is 19.1. The zero-order chi connectivity index (χ0) is 16.7. The summed E-state index contributed by atoms with van der Waals surface area (Å²) in [6.45, 7) is 2.17. The van der Waals surface area contributed by atoms with Gasteiger partial charge in [0.2, 0.25) is 0 Å². The first kappa shape index (κ1) is 16.8. The van der Waals surface area contributed by atoms with Crippen molar-refractivity contribution in [3.63, 3.8) is 0 Å². The predicted molar refractivity (Wildman–Crippen MR) is 86.2 cm³/mol. The van der Waals surface area contributed by atoms with Crippen LogP contribution in [0.1, 0.15) is 12.5 Å². The molecule has 1 amide bonds. The van der Waals surface area contributed by atoms with Gasteiger partial charge in [-0.05, 0) is 55.3 Å². The minimum atomic E-state index is -0.642. The van der Waals surface area contributed by atoms with E-state index in [1.54, 1.807) is 14.0 Å². The van der Waals surface area contributed by atoms with Crippen LogP contribution in [0, 0.1) is 5.82 Å². The SMILES string of the molecule is COc1ccc(CCNC(=O)C(C)Oc2ccc(F)cc2)cc1. The first-order valence-electron chi connectivity index (χ1n) is 7.41. The molecule has 23 heavy (non-hydrogen) atoms. The van der Waals surface area contributed by atoms with Crippen LogP contribution in [-0.2, 0) is 11.2 Å². The number of amides is 1. The molecule has 5 heteroatoms. The fourth-order valence-corrected chi connectivity index (χ4v) is 2.04. The summed E-state index contributed by atoms with van der Waals surface area (Å²) in [5, 5.41) is 2.82. The lowest BCUT2D eigenvalue weighted by atomic mass is 10.1. The minimum absolute atomic E-state index is 0.206. The van der Waals surface area contributed by atoms with Gasteiger partial charge in [0.25, 0.3) is 5.91 Å². The van der Waals surface area contributed by atoms with Crippen molar-refractivity contribution in [2.45, 2.75) is 19.4 Å². The molecular formula is C18H20FNO3. The van der Waals surface area contributed by atoms with Crippen molar-refractivity contribution in [1.82, 2.24) is 5.32 Å². The lowest BCUT2D eigenvalue weighted by Gasteiger charge is -2.14. The maximum Gasteiger partial charge on any atom is 0.260 e. The molecule has 0 saturated heterocycles. The first-order chi connectivity index (χ1) is 11.1. The molecule has 1 N–H and O–H groups in total. The number of methoxy groups -OCH3 is 1. The van der Waals surface area contributed by atoms with Crippen molar-refractivity contribution in [1.29, 1.82) is 0 Å². The van der Waals surface area contributed by atoms with Gasteiger partial charge in [0.15, 0.2) is 6.10 Å². The number of nitrogens with one attached hydrogen (secondary N) is 1. The van der Waals surface area contributed by atoms with Crippen LogP contribution in [-0.4, -0.2) is 25.7 Å². The van der Waals surface area contributed by atoms with Gasteiger partial charge in [0.1, 0.15) is 17.3 Å². The van der Waals surface area contributed by atoms with Gasteiger partial charge in [0, 0.05) is 6.54 Å². The van der Waals surface area contributed by atoms with E-state index < -0.39 is 6.10 Å². The lowest BCUT2D eigenvalue weighted by molar-refractivity contribution is -0.127. The number of ether oxygens (including phenoxy) is 2. The summed E-state index contributed by atoms with van der Waals surface area (Å²) in [5.41, 5.74) is 1.11. The molecule has 0 aliphatic heterocycles. The van der Waals surface area contributed by atoms with E-state index in [0.717, 1.165) is 17.7 Å². The Labute approximate surface area is 135 Å². The normalized spacial score (nSPS) is 11.6. The molecule has 0 heterocycles. The average molecular weight is 317 g/mol. The highest BCUT2D eigenvalue weighted by Crippen LogP contribution is 2.13. The van der Waals surface area contributed by atoms with E-state index in [0.29, 0.717) is 12.3 Å². The van der Waals surface area contributed by atoms with E-state index in [-0.39, 0.29) is 11.7 Å². The largest absolute Gasteiger partial charge is 0.497 e. The van der Waals surface area contributed by atoms with Gasteiger partial charge in [-0.1, -0.05) is 12.1 Å². The van der Waals surface area contributed by atoms with E-state index in [2.05, 4.69) is 5.32 Å². The zero-order valence-electron chi connectivity index (χ0n) is 13.2. The molecule has 0 aliphatic carbocycles. The second kappa shape index (κ2) is 8.17. The van der Waals surface area contributed by atoms with Gasteiger partial charge in [-0.3, -0.25) is 4.79 Å². The fraction of sp³-hybridized carbons (Fsp3) is 0.278. The minimum Gasteiger partial charge on any atom is -0.497 e. The Bertz CT molecular complexity index is 626. The first-order valence-corrected chi connectivity index (χ1v) is 7.41. The molecule has 1 unspecified atom stereocenters. The molecule has 122 valence electrons. The van der Waals surface area contributed by atoms with Gasteiger partial charge in [0.05, 0.1) is 7.11 Å². The van der Waals surface area contributed by atoms with Gasteiger partial charge in [-0.2, -0.15) is 0 Å². The van der Waals surface area contributed by atoms with Gasteiger partial charge in [-0.15, -0.1) is 0 Å². The molecule has 2 rings (SSSR count). The van der Waals surface area contributed by atoms with Crippen LogP contribution in [0.15, 0.2) is 48.5 Å². The highest BCUT2D eigenvalue weighted by molar-refractivity contribution is 5.80. The van der Waals surface area contributed by atoms with Gasteiger partial charge >= 0.3 is 0 Å². The average Bonchev–Trinajstić information content (AvgIpc) is 2.57. The molecule has 2 aromatic carbocycles. The van der Waals surface area contributed by atoms with Crippen LogP contribution in [0.3, 0.4) is 0 Å². The van der Waals surface area contributed by atoms with Gasteiger partial charge in [-0.25, -0.2) is 4.39 Å². The van der Waals surface area contributed by atoms with E-state index in [1.165, 1.54) is 24.3 Å². The Balaban J connectivity index is 1.75. The Morgan fingerprint density at radius 2 is 1.70 bits per heavy atom. The quantitative estimate of drug-likeness (QED) is 0.854. The fourth-order valence-electron chi connectivity index (χ4n) is 2.04. The molecule has 0 saturated carbocycles. The molecule has 0 bridgehead atoms. The topological polar surface area (TPSA) is 47.6 Å². The van der Waals surface area contributed by atoms with Crippen molar-refractivity contribution in [3.8, 4) is 11.5 Å². The number of hydrogen-bond donors (Lipinski definition) is 1. The Hall–Kier alpha value is -2.56. The molecular weight excluding hydrogens is 297 g/mol. The molecule has 0 radical (unpaired) electrons. The van der Waals surface area contributed by atoms with Crippen molar-refractivity contribution in [3.05, 3.63) is 59.9 Å². The molecule has 1 atom stereocenters. The van der Waals surface area contributed by atoms with Crippen LogP contribution in [0.2, 0.25) is 0 Å². The number of rotatable bonds is 7. The van der Waals surface area contributed by atoms with E-state index in [9.17, 15) is 9.18 Å². The Morgan fingerprint density at radius 1 is 1.09 bits per heavy atom. The lowest BCUT2D eigenvalue weighted by Crippen LogP contribution is -2.37. The van der Waals surface area contributed by atoms with Crippen molar-refractivity contribution in [2.24, 2.45) is 0 Å². The monoisotopic (exact) mass is 317 g/mol. The van der Waals surface area contributed by atoms with Gasteiger partial charge < -0.3 is 14.8 Å². The maximum atomic E-state index is 12.8. The third kappa shape index (κ3) is 5.29. The summed E-state index contributed by atoms with van der Waals surface area (Å²) >= 11 is 0. The summed E-state index contributed by atoms with van der Waals surface area (Å²) in [7, 11) is 1.62. The summed E-state index contributed by atoms with van der Waals surface area (Å²) in [4.78, 5) is 12.0. The second-order valence-corrected chi connectivity index (χ2v) is 5.10. The van der Waals surface area contributed by atoms with E-state index in [4.69, 9.17) is 9.47 Å². The zero-order valence-corrected chi connectivity index (χ0v) is 13.2. The second-order valence-electron chi connectivity index (χ2n) is 5.10. The Morgan fingerprint density at radius 3 is 2.30 bits per heavy atom. The predicted octanol–water partition coefficient (Wildman–Crippen LogP) is 2.96. The number of carbonyl (C=O) groups is 1. The van der Waals surface area contributed by atoms with Crippen LogP contribution in [0.25, 0.3) is 0 Å². The summed E-state index contributed by atoms with van der Waals surface area (Å²) < 4.78 is 23.4. The third-order valence-corrected chi connectivity index (χ3v) is 3.37. The number of benzene rings is 2. The molecule has 0 aliphatic rings. The highest BCUT2D eigenvalue weighted by Gasteiger charge is 2.14. The summed E-state index contributed by atoms with van der Waals surface area (Å²) in [6, 6.07) is 13.3. The van der Waals surface area contributed by atoms with Crippen LogP contribution in [0.5, 0.6) is 11.5 Å². The van der Waals surface area contributed by atoms with Crippen molar-refractivity contribution in [2.75, 3.05) is 13.7 Å². The van der Waals surface area contributed by atoms with Crippen LogP contribution in [0.4, 0.5) is 4.39 Å². The molecule has 2 aromatic rings. The summed E-state index contributed by atoms with van der Waals surface area (Å²) in [5.74, 6) is 0.722. The molecule has 4 nitrogen and oxygen atoms in total. The van der Waals surface area contributed by atoms with Crippen LogP contribution >= 0.6 is 0 Å². The van der Waals surface area contributed by atoms with E-state index >= 15 is 0 Å². The van der Waals surface area contributed by atoms with Crippen molar-refractivity contribution >= 4 is 5.91 Å². The number of halogens is 1. The van der Waals surface area contributed by atoms with Crippen molar-refractivity contribution < 1.29 is 18.7 Å². The van der Waals surface area contributed by atoms with E-state index in [1.807, 2.05) is 24.3 Å². The molecule has 0 fully saturated rings. The molecule has 0 aromatic heterocycles. The standard InChI is InChI=1S/C18H20FNO3/c1-13(23-17-9-5-15(19)6-10-17)18(21)20-12-11-14-3-7-16(22-2)8-4-14/h3-10,13H,11-12H2,1-2H3,(H,20,21). The maximum absolute atomic E-state index is 12.8. The molecule has 0 spiro atoms. The number of carbonyl (C=O) groups excluding carboxylic acids is 1. The smallest absolute Gasteiger partial charge is 0.260 e.